The molecule has 0 saturated heterocycles. The van der Waals surface area contributed by atoms with Crippen LogP contribution in [0, 0.1) is 0 Å². The summed E-state index contributed by atoms with van der Waals surface area (Å²) in [6, 6.07) is 10.4. The number of hydrogen-bond donors (Lipinski definition) is 1. The van der Waals surface area contributed by atoms with E-state index in [4.69, 9.17) is 18.9 Å². The van der Waals surface area contributed by atoms with Crippen LogP contribution in [0.2, 0.25) is 0 Å². The molecular formula is C29H30BrN3O8S. The Hall–Kier alpha value is -4.10. The summed E-state index contributed by atoms with van der Waals surface area (Å²) in [5.41, 5.74) is 1.75. The third kappa shape index (κ3) is 6.52. The maximum atomic E-state index is 13.6. The molecule has 2 aromatic rings. The highest BCUT2D eigenvalue weighted by Crippen LogP contribution is 2.46. The second kappa shape index (κ2) is 14.2. The van der Waals surface area contributed by atoms with E-state index in [0.29, 0.717) is 34.0 Å². The van der Waals surface area contributed by atoms with Crippen molar-refractivity contribution in [2.45, 2.75) is 26.8 Å². The van der Waals surface area contributed by atoms with Gasteiger partial charge in [0.05, 0.1) is 49.2 Å². The number of ether oxygens (including phenoxy) is 4. The van der Waals surface area contributed by atoms with Crippen LogP contribution in [0.1, 0.15) is 42.7 Å². The topological polar surface area (TPSA) is 133 Å². The smallest absolute Gasteiger partial charge is 0.338 e. The first kappa shape index (κ1) is 32.4. The van der Waals surface area contributed by atoms with E-state index in [2.05, 4.69) is 10.3 Å². The number of allylic oxidation sites excluding steroid dienone is 1. The van der Waals surface area contributed by atoms with Crippen molar-refractivity contribution < 1.29 is 38.1 Å². The van der Waals surface area contributed by atoms with Crippen LogP contribution in [0.15, 0.2) is 69.7 Å². The number of carbonyl (C=O) groups excluding carboxylic acids is 4. The maximum absolute atomic E-state index is 13.6. The lowest BCUT2D eigenvalue weighted by atomic mass is 9.93. The van der Waals surface area contributed by atoms with Gasteiger partial charge in [-0.1, -0.05) is 12.1 Å². The zero-order valence-electron chi connectivity index (χ0n) is 23.6. The summed E-state index contributed by atoms with van der Waals surface area (Å²) in [6.45, 7) is 5.42. The van der Waals surface area contributed by atoms with Gasteiger partial charge < -0.3 is 24.3 Å². The SMILES string of the molecule is Br.CCOC(=O)C1=C(C)N=C2SC(C(=O)Nc3ccc(C(=O)OCC)cc3)=CC(=O)N2C1c1cccc(OC)c1OC. The molecule has 42 heavy (non-hydrogen) atoms. The monoisotopic (exact) mass is 659 g/mol. The minimum atomic E-state index is -0.956. The van der Waals surface area contributed by atoms with Gasteiger partial charge in [-0.3, -0.25) is 14.5 Å². The first-order valence-electron chi connectivity index (χ1n) is 12.7. The summed E-state index contributed by atoms with van der Waals surface area (Å²) >= 11 is 0.986. The third-order valence-electron chi connectivity index (χ3n) is 6.19. The van der Waals surface area contributed by atoms with Crippen molar-refractivity contribution in [3.05, 3.63) is 75.8 Å². The number of anilines is 1. The Morgan fingerprint density at radius 3 is 2.26 bits per heavy atom. The lowest BCUT2D eigenvalue weighted by Gasteiger charge is -2.38. The van der Waals surface area contributed by atoms with E-state index >= 15 is 0 Å². The summed E-state index contributed by atoms with van der Waals surface area (Å²) in [5.74, 6) is -1.44. The quantitative estimate of drug-likeness (QED) is 0.377. The highest BCUT2D eigenvalue weighted by molar-refractivity contribution is 8.93. The number of nitrogens with one attached hydrogen (secondary N) is 1. The number of esters is 2. The normalized spacial score (nSPS) is 15.9. The van der Waals surface area contributed by atoms with Crippen molar-refractivity contribution in [3.8, 4) is 11.5 Å². The molecule has 0 aliphatic carbocycles. The van der Waals surface area contributed by atoms with E-state index in [1.165, 1.54) is 37.3 Å². The zero-order valence-corrected chi connectivity index (χ0v) is 26.1. The van der Waals surface area contributed by atoms with Crippen LogP contribution in [-0.2, 0) is 23.9 Å². The van der Waals surface area contributed by atoms with Crippen LogP contribution in [0.4, 0.5) is 5.69 Å². The Labute approximate surface area is 257 Å². The number of rotatable bonds is 9. The largest absolute Gasteiger partial charge is 0.493 e. The van der Waals surface area contributed by atoms with Crippen molar-refractivity contribution in [2.75, 3.05) is 32.8 Å². The number of amidine groups is 1. The molecule has 0 fully saturated rings. The van der Waals surface area contributed by atoms with Crippen molar-refractivity contribution in [2.24, 2.45) is 4.99 Å². The first-order chi connectivity index (χ1) is 19.7. The van der Waals surface area contributed by atoms with Crippen molar-refractivity contribution in [1.29, 1.82) is 0 Å². The Morgan fingerprint density at radius 1 is 0.976 bits per heavy atom. The molecule has 222 valence electrons. The van der Waals surface area contributed by atoms with E-state index in [1.807, 2.05) is 0 Å². The van der Waals surface area contributed by atoms with Crippen molar-refractivity contribution >= 4 is 63.4 Å². The van der Waals surface area contributed by atoms with Gasteiger partial charge in [0.15, 0.2) is 16.7 Å². The predicted molar refractivity (Wildman–Crippen MR) is 163 cm³/mol. The third-order valence-corrected chi connectivity index (χ3v) is 7.18. The molecule has 1 atom stereocenters. The molecular weight excluding hydrogens is 630 g/mol. The predicted octanol–water partition coefficient (Wildman–Crippen LogP) is 4.80. The van der Waals surface area contributed by atoms with E-state index < -0.39 is 29.8 Å². The van der Waals surface area contributed by atoms with Crippen LogP contribution in [0.25, 0.3) is 0 Å². The number of para-hydroxylation sites is 1. The fourth-order valence-electron chi connectivity index (χ4n) is 4.40. The maximum Gasteiger partial charge on any atom is 0.338 e. The Kier molecular flexibility index (Phi) is 10.9. The number of halogens is 1. The van der Waals surface area contributed by atoms with Crippen LogP contribution in [0.3, 0.4) is 0 Å². The molecule has 13 heteroatoms. The van der Waals surface area contributed by atoms with Gasteiger partial charge in [0.1, 0.15) is 6.04 Å². The van der Waals surface area contributed by atoms with Crippen LogP contribution in [-0.4, -0.2) is 61.3 Å². The first-order valence-corrected chi connectivity index (χ1v) is 13.5. The lowest BCUT2D eigenvalue weighted by Crippen LogP contribution is -2.45. The van der Waals surface area contributed by atoms with Gasteiger partial charge >= 0.3 is 11.9 Å². The number of nitrogens with zero attached hydrogens (tertiary/aromatic N) is 2. The van der Waals surface area contributed by atoms with Crippen LogP contribution >= 0.6 is 28.7 Å². The molecule has 11 nitrogen and oxygen atoms in total. The minimum Gasteiger partial charge on any atom is -0.493 e. The van der Waals surface area contributed by atoms with Gasteiger partial charge in [-0.05, 0) is 62.9 Å². The molecule has 1 unspecified atom stereocenters. The van der Waals surface area contributed by atoms with Gasteiger partial charge in [0.2, 0.25) is 0 Å². The van der Waals surface area contributed by atoms with Crippen LogP contribution < -0.4 is 14.8 Å². The number of amides is 2. The molecule has 0 spiro atoms. The van der Waals surface area contributed by atoms with Crippen molar-refractivity contribution in [3.63, 3.8) is 0 Å². The summed E-state index contributed by atoms with van der Waals surface area (Å²) in [5, 5.41) is 2.94. The molecule has 0 aromatic heterocycles. The molecule has 2 aliphatic heterocycles. The van der Waals surface area contributed by atoms with Crippen molar-refractivity contribution in [1.82, 2.24) is 4.90 Å². The lowest BCUT2D eigenvalue weighted by molar-refractivity contribution is -0.139. The summed E-state index contributed by atoms with van der Waals surface area (Å²) in [6.07, 6.45) is 1.19. The van der Waals surface area contributed by atoms with Gasteiger partial charge in [-0.2, -0.15) is 0 Å². The molecule has 0 radical (unpaired) electrons. The number of benzene rings is 2. The number of carbonyl (C=O) groups is 4. The van der Waals surface area contributed by atoms with Crippen LogP contribution in [0.5, 0.6) is 11.5 Å². The number of aliphatic imine (C=N–C) groups is 1. The van der Waals surface area contributed by atoms with Gasteiger partial charge in [0.25, 0.3) is 11.8 Å². The second-order valence-corrected chi connectivity index (χ2v) is 9.68. The molecule has 4 rings (SSSR count). The average molecular weight is 661 g/mol. The van der Waals surface area contributed by atoms with Gasteiger partial charge in [-0.15, -0.1) is 17.0 Å². The summed E-state index contributed by atoms with van der Waals surface area (Å²) in [7, 11) is 2.96. The van der Waals surface area contributed by atoms with E-state index in [0.717, 1.165) is 11.8 Å². The number of hydrogen-bond acceptors (Lipinski definition) is 10. The Bertz CT molecular complexity index is 1490. The molecule has 2 aliphatic rings. The Morgan fingerprint density at radius 2 is 1.64 bits per heavy atom. The highest BCUT2D eigenvalue weighted by Gasteiger charge is 2.44. The molecule has 1 N–H and O–H groups in total. The molecule has 2 amide bonds. The summed E-state index contributed by atoms with van der Waals surface area (Å²) < 4.78 is 21.4. The molecule has 2 aromatic carbocycles. The molecule has 0 saturated carbocycles. The minimum absolute atomic E-state index is 0. The zero-order chi connectivity index (χ0) is 29.7. The average Bonchev–Trinajstić information content (AvgIpc) is 2.96. The fraction of sp³-hybridized carbons (Fsp3) is 0.276. The number of thioether (sulfide) groups is 1. The second-order valence-electron chi connectivity index (χ2n) is 8.67. The van der Waals surface area contributed by atoms with E-state index in [-0.39, 0.29) is 45.8 Å². The van der Waals surface area contributed by atoms with Gasteiger partial charge in [-0.25, -0.2) is 14.6 Å². The molecule has 2 heterocycles. The van der Waals surface area contributed by atoms with E-state index in [1.54, 1.807) is 51.1 Å². The van der Waals surface area contributed by atoms with E-state index in [9.17, 15) is 19.2 Å². The highest BCUT2D eigenvalue weighted by atomic mass is 79.9. The summed E-state index contributed by atoms with van der Waals surface area (Å²) in [4.78, 5) is 57.8. The fourth-order valence-corrected chi connectivity index (χ4v) is 5.37. The standard InChI is InChI=1S/C29H29N3O8S.BrH/c1-6-39-27(35)17-11-13-18(14-12-17)31-26(34)21-15-22(33)32-24(19-9-8-10-20(37-4)25(19)38-5)23(28(36)40-7-2)16(3)30-29(32)41-21;/h8-15,24H,6-7H2,1-5H3,(H,31,34);1H. The Balaban J connectivity index is 0.00000484. The molecule has 0 bridgehead atoms. The van der Waals surface area contributed by atoms with Gasteiger partial charge in [0, 0.05) is 17.3 Å². The number of fused-ring (bicyclic) bond motifs is 1. The number of methoxy groups -OCH3 is 2.